The molecule has 0 aromatic heterocycles. The van der Waals surface area contributed by atoms with Gasteiger partial charge in [-0.1, -0.05) is 25.1 Å². The van der Waals surface area contributed by atoms with Gasteiger partial charge < -0.3 is 0 Å². The number of nitriles is 1. The summed E-state index contributed by atoms with van der Waals surface area (Å²) in [4.78, 5) is 4.32. The minimum absolute atomic E-state index is 0.304. The van der Waals surface area contributed by atoms with Crippen molar-refractivity contribution in [3.63, 3.8) is 0 Å². The van der Waals surface area contributed by atoms with Crippen molar-refractivity contribution in [2.75, 3.05) is 6.26 Å². The zero-order chi connectivity index (χ0) is 9.40. The van der Waals surface area contributed by atoms with E-state index in [2.05, 4.69) is 24.2 Å². The Kier molecular flexibility index (Phi) is 6.58. The number of amidine groups is 1. The van der Waals surface area contributed by atoms with Crippen LogP contribution in [0.15, 0.2) is 4.99 Å². The molecule has 0 saturated heterocycles. The van der Waals surface area contributed by atoms with Gasteiger partial charge in [-0.05, 0) is 19.6 Å². The predicted octanol–water partition coefficient (Wildman–Crippen LogP) is 1.96. The Morgan fingerprint density at radius 1 is 1.75 bits per heavy atom. The zero-order valence-corrected chi connectivity index (χ0v) is 8.61. The summed E-state index contributed by atoms with van der Waals surface area (Å²) in [7, 11) is 0. The summed E-state index contributed by atoms with van der Waals surface area (Å²) < 4.78 is 0. The number of aliphatic imine (C=N–C) groups is 1. The van der Waals surface area contributed by atoms with E-state index >= 15 is 0 Å². The lowest BCUT2D eigenvalue weighted by Gasteiger charge is -2.05. The highest BCUT2D eigenvalue weighted by atomic mass is 32.2. The Balaban J connectivity index is 3.99. The van der Waals surface area contributed by atoms with E-state index in [1.165, 1.54) is 11.8 Å². The van der Waals surface area contributed by atoms with Crippen LogP contribution in [0.5, 0.6) is 0 Å². The SMILES string of the molecule is CCCC(C)N=C(NC#N)SC. The molecule has 1 N–H and O–H groups in total. The first kappa shape index (κ1) is 11.3. The van der Waals surface area contributed by atoms with E-state index in [0.29, 0.717) is 11.2 Å². The lowest BCUT2D eigenvalue weighted by atomic mass is 10.2. The molecule has 1 atom stereocenters. The Morgan fingerprint density at radius 2 is 2.42 bits per heavy atom. The second-order valence-corrected chi connectivity index (χ2v) is 3.31. The van der Waals surface area contributed by atoms with Crippen LogP contribution in [0, 0.1) is 11.5 Å². The monoisotopic (exact) mass is 185 g/mol. The number of thioether (sulfide) groups is 1. The highest BCUT2D eigenvalue weighted by Gasteiger charge is 2.00. The molecule has 0 rings (SSSR count). The lowest BCUT2D eigenvalue weighted by molar-refractivity contribution is 0.655. The van der Waals surface area contributed by atoms with Crippen molar-refractivity contribution in [3.8, 4) is 6.19 Å². The first-order valence-electron chi connectivity index (χ1n) is 4.01. The fraction of sp³-hybridized carbons (Fsp3) is 0.750. The summed E-state index contributed by atoms with van der Waals surface area (Å²) in [5.74, 6) is 0. The molecule has 68 valence electrons. The van der Waals surface area contributed by atoms with E-state index in [-0.39, 0.29) is 0 Å². The molecule has 12 heavy (non-hydrogen) atoms. The van der Waals surface area contributed by atoms with Crippen molar-refractivity contribution in [3.05, 3.63) is 0 Å². The van der Waals surface area contributed by atoms with E-state index in [1.54, 1.807) is 0 Å². The largest absolute Gasteiger partial charge is 0.272 e. The zero-order valence-electron chi connectivity index (χ0n) is 7.79. The second kappa shape index (κ2) is 6.99. The van der Waals surface area contributed by atoms with Crippen LogP contribution in [0.4, 0.5) is 0 Å². The maximum absolute atomic E-state index is 8.36. The minimum Gasteiger partial charge on any atom is -0.272 e. The van der Waals surface area contributed by atoms with Crippen LogP contribution in [0.3, 0.4) is 0 Å². The van der Waals surface area contributed by atoms with Crippen LogP contribution in [0.2, 0.25) is 0 Å². The molecule has 0 fully saturated rings. The van der Waals surface area contributed by atoms with Crippen LogP contribution >= 0.6 is 11.8 Å². The Labute approximate surface area is 78.3 Å². The molecule has 0 saturated carbocycles. The topological polar surface area (TPSA) is 48.2 Å². The highest BCUT2D eigenvalue weighted by Crippen LogP contribution is 2.04. The molecule has 0 aromatic rings. The fourth-order valence-electron chi connectivity index (χ4n) is 0.866. The Morgan fingerprint density at radius 3 is 2.83 bits per heavy atom. The van der Waals surface area contributed by atoms with Crippen molar-refractivity contribution in [2.45, 2.75) is 32.7 Å². The van der Waals surface area contributed by atoms with Gasteiger partial charge in [-0.3, -0.25) is 10.3 Å². The number of nitrogens with zero attached hydrogens (tertiary/aromatic N) is 2. The summed E-state index contributed by atoms with van der Waals surface area (Å²) in [6.07, 6.45) is 5.96. The molecule has 0 aliphatic carbocycles. The molecular weight excluding hydrogens is 170 g/mol. The van der Waals surface area contributed by atoms with E-state index in [1.807, 2.05) is 12.4 Å². The molecular formula is C8H15N3S. The summed E-state index contributed by atoms with van der Waals surface area (Å²) in [5, 5.41) is 11.6. The standard InChI is InChI=1S/C8H15N3S/c1-4-5-7(2)11-8(12-3)10-6-9/h7H,4-5H2,1-3H3,(H,10,11). The van der Waals surface area contributed by atoms with E-state index in [9.17, 15) is 0 Å². The van der Waals surface area contributed by atoms with Crippen molar-refractivity contribution < 1.29 is 0 Å². The first-order chi connectivity index (χ1) is 5.74. The van der Waals surface area contributed by atoms with Gasteiger partial charge in [0.2, 0.25) is 0 Å². The molecule has 0 bridgehead atoms. The lowest BCUT2D eigenvalue weighted by Crippen LogP contribution is -2.16. The van der Waals surface area contributed by atoms with Gasteiger partial charge in [-0.2, -0.15) is 5.26 Å². The third-order valence-corrected chi connectivity index (χ3v) is 1.99. The van der Waals surface area contributed by atoms with Crippen LogP contribution in [0.1, 0.15) is 26.7 Å². The van der Waals surface area contributed by atoms with Gasteiger partial charge in [0.25, 0.3) is 0 Å². The average Bonchev–Trinajstić information content (AvgIpc) is 2.04. The quantitative estimate of drug-likeness (QED) is 0.316. The van der Waals surface area contributed by atoms with Crippen molar-refractivity contribution >= 4 is 16.9 Å². The van der Waals surface area contributed by atoms with E-state index < -0.39 is 0 Å². The van der Waals surface area contributed by atoms with Crippen LogP contribution in [-0.4, -0.2) is 17.5 Å². The maximum atomic E-state index is 8.36. The predicted molar refractivity (Wildman–Crippen MR) is 54.1 cm³/mol. The maximum Gasteiger partial charge on any atom is 0.183 e. The van der Waals surface area contributed by atoms with Gasteiger partial charge >= 0.3 is 0 Å². The van der Waals surface area contributed by atoms with Gasteiger partial charge in [0.1, 0.15) is 0 Å². The van der Waals surface area contributed by atoms with Gasteiger partial charge in [-0.25, -0.2) is 0 Å². The number of hydrogen-bond donors (Lipinski definition) is 1. The van der Waals surface area contributed by atoms with Gasteiger partial charge in [0.05, 0.1) is 6.04 Å². The average molecular weight is 185 g/mol. The Hall–Kier alpha value is -0.690. The molecule has 3 nitrogen and oxygen atoms in total. The smallest absolute Gasteiger partial charge is 0.183 e. The summed E-state index contributed by atoms with van der Waals surface area (Å²) >= 11 is 1.47. The third-order valence-electron chi connectivity index (χ3n) is 1.40. The molecule has 4 heteroatoms. The first-order valence-corrected chi connectivity index (χ1v) is 5.24. The fourth-order valence-corrected chi connectivity index (χ4v) is 1.30. The molecule has 0 amide bonds. The van der Waals surface area contributed by atoms with Crippen molar-refractivity contribution in [1.82, 2.24) is 5.32 Å². The van der Waals surface area contributed by atoms with Gasteiger partial charge in [0.15, 0.2) is 11.4 Å². The summed E-state index contributed by atoms with van der Waals surface area (Å²) in [6, 6.07) is 0.304. The molecule has 1 unspecified atom stereocenters. The summed E-state index contributed by atoms with van der Waals surface area (Å²) in [6.45, 7) is 4.18. The van der Waals surface area contributed by atoms with Gasteiger partial charge in [0, 0.05) is 0 Å². The molecule has 0 spiro atoms. The normalized spacial score (nSPS) is 13.7. The van der Waals surface area contributed by atoms with Crippen molar-refractivity contribution in [2.24, 2.45) is 4.99 Å². The molecule has 0 aliphatic heterocycles. The summed E-state index contributed by atoms with van der Waals surface area (Å²) in [5.41, 5.74) is 0. The molecule has 0 radical (unpaired) electrons. The van der Waals surface area contributed by atoms with E-state index in [0.717, 1.165) is 12.8 Å². The number of rotatable bonds is 3. The molecule has 0 heterocycles. The highest BCUT2D eigenvalue weighted by molar-refractivity contribution is 8.13. The van der Waals surface area contributed by atoms with Crippen LogP contribution < -0.4 is 5.32 Å². The van der Waals surface area contributed by atoms with E-state index in [4.69, 9.17) is 5.26 Å². The van der Waals surface area contributed by atoms with Crippen LogP contribution in [0.25, 0.3) is 0 Å². The number of hydrogen-bond acceptors (Lipinski definition) is 3. The second-order valence-electron chi connectivity index (χ2n) is 2.51. The molecule has 0 aliphatic rings. The number of nitrogens with one attached hydrogen (secondary N) is 1. The Bertz CT molecular complexity index is 183. The van der Waals surface area contributed by atoms with Gasteiger partial charge in [-0.15, -0.1) is 0 Å². The minimum atomic E-state index is 0.304. The van der Waals surface area contributed by atoms with Crippen LogP contribution in [-0.2, 0) is 0 Å². The third kappa shape index (κ3) is 5.03. The molecule has 0 aromatic carbocycles. The van der Waals surface area contributed by atoms with Crippen molar-refractivity contribution in [1.29, 1.82) is 5.26 Å².